The van der Waals surface area contributed by atoms with Crippen LogP contribution in [-0.4, -0.2) is 42.6 Å². The largest absolute Gasteiger partial charge is 0.441 e. The van der Waals surface area contributed by atoms with Gasteiger partial charge in [-0.3, -0.25) is 20.3 Å². The number of carbonyl (C=O) groups is 1. The zero-order chi connectivity index (χ0) is 24.2. The molecule has 0 saturated carbocycles. The number of carbonyl (C=O) groups excluding carboxylic acids is 1. The van der Waals surface area contributed by atoms with Crippen molar-refractivity contribution >= 4 is 45.5 Å². The second-order valence-electron chi connectivity index (χ2n) is 7.31. The Bertz CT molecular complexity index is 1340. The number of aromatic nitrogens is 1. The Morgan fingerprint density at radius 1 is 1.21 bits per heavy atom. The van der Waals surface area contributed by atoms with E-state index in [1.165, 1.54) is 18.2 Å². The summed E-state index contributed by atoms with van der Waals surface area (Å²) in [5.41, 5.74) is 2.88. The van der Waals surface area contributed by atoms with Crippen LogP contribution in [0.3, 0.4) is 0 Å². The molecule has 2 aliphatic rings. The van der Waals surface area contributed by atoms with Crippen LogP contribution in [0.4, 0.5) is 18.9 Å². The summed E-state index contributed by atoms with van der Waals surface area (Å²) in [6.07, 6.45) is -3.36. The van der Waals surface area contributed by atoms with E-state index in [0.29, 0.717) is 27.6 Å². The minimum Gasteiger partial charge on any atom is -0.317 e. The van der Waals surface area contributed by atoms with Crippen molar-refractivity contribution in [3.63, 3.8) is 0 Å². The van der Waals surface area contributed by atoms with Crippen molar-refractivity contribution in [1.29, 1.82) is 5.41 Å². The number of hydrogen-bond acceptors (Lipinski definition) is 6. The molecule has 0 bridgehead atoms. The summed E-state index contributed by atoms with van der Waals surface area (Å²) in [7, 11) is 0. The molecule has 170 valence electrons. The number of halogens is 3. The number of alkyl halides is 3. The van der Waals surface area contributed by atoms with Gasteiger partial charge in [-0.2, -0.15) is 28.3 Å². The van der Waals surface area contributed by atoms with Gasteiger partial charge in [0, 0.05) is 23.5 Å². The number of nitro benzene ring substituents is 1. The summed E-state index contributed by atoms with van der Waals surface area (Å²) in [6.45, 7) is 5.30. The molecular formula is C20H15F3N6O3S. The molecule has 1 aromatic carbocycles. The lowest BCUT2D eigenvalue weighted by atomic mass is 10.1. The van der Waals surface area contributed by atoms with Crippen molar-refractivity contribution in [2.75, 3.05) is 0 Å². The highest BCUT2D eigenvalue weighted by Crippen LogP contribution is 2.36. The SMILES string of the molecule is Cc1ccc([N+](=O)[O-])cc1-n1c(C)cc(/C=C2\C(=N)N3N=C(C(F)(F)F)SC3=NC2=O)c1C. The fraction of sp³-hybridized carbons (Fsp3) is 0.200. The van der Waals surface area contributed by atoms with E-state index in [1.54, 1.807) is 37.5 Å². The van der Waals surface area contributed by atoms with Crippen molar-refractivity contribution in [3.05, 3.63) is 62.5 Å². The van der Waals surface area contributed by atoms with Crippen molar-refractivity contribution in [3.8, 4) is 5.69 Å². The average Bonchev–Trinajstić information content (AvgIpc) is 3.27. The first-order valence-corrected chi connectivity index (χ1v) is 10.2. The Kier molecular flexibility index (Phi) is 5.23. The van der Waals surface area contributed by atoms with Crippen LogP contribution >= 0.6 is 11.8 Å². The van der Waals surface area contributed by atoms with Crippen molar-refractivity contribution in [1.82, 2.24) is 9.58 Å². The molecule has 1 N–H and O–H groups in total. The maximum Gasteiger partial charge on any atom is 0.441 e. The molecule has 0 aliphatic carbocycles. The number of aliphatic imine (C=N–C) groups is 1. The van der Waals surface area contributed by atoms with E-state index in [0.717, 1.165) is 5.56 Å². The fourth-order valence-electron chi connectivity index (χ4n) is 3.52. The van der Waals surface area contributed by atoms with Crippen molar-refractivity contribution in [2.45, 2.75) is 26.9 Å². The molecule has 33 heavy (non-hydrogen) atoms. The Hall–Kier alpha value is -3.74. The molecular weight excluding hydrogens is 461 g/mol. The van der Waals surface area contributed by atoms with E-state index in [2.05, 4.69) is 10.1 Å². The topological polar surface area (TPSA) is 117 Å². The predicted molar refractivity (Wildman–Crippen MR) is 118 cm³/mol. The minimum absolute atomic E-state index is 0.0843. The van der Waals surface area contributed by atoms with Gasteiger partial charge in [-0.05, 0) is 55.8 Å². The van der Waals surface area contributed by atoms with Crippen molar-refractivity contribution in [2.24, 2.45) is 10.1 Å². The van der Waals surface area contributed by atoms with Gasteiger partial charge >= 0.3 is 6.18 Å². The van der Waals surface area contributed by atoms with Crippen LogP contribution in [0.2, 0.25) is 0 Å². The van der Waals surface area contributed by atoms with Gasteiger partial charge < -0.3 is 4.57 Å². The summed E-state index contributed by atoms with van der Waals surface area (Å²) < 4.78 is 40.7. The molecule has 2 aliphatic heterocycles. The predicted octanol–water partition coefficient (Wildman–Crippen LogP) is 4.49. The van der Waals surface area contributed by atoms with Crippen LogP contribution in [0.15, 0.2) is 39.9 Å². The second kappa shape index (κ2) is 7.69. The van der Waals surface area contributed by atoms with E-state index in [9.17, 15) is 28.1 Å². The average molecular weight is 476 g/mol. The normalized spacial score (nSPS) is 17.4. The molecule has 0 fully saturated rings. The number of nitrogens with zero attached hydrogens (tertiary/aromatic N) is 5. The molecule has 0 spiro atoms. The fourth-order valence-corrected chi connectivity index (χ4v) is 4.28. The van der Waals surface area contributed by atoms with E-state index in [4.69, 9.17) is 5.41 Å². The third-order valence-electron chi connectivity index (χ3n) is 5.11. The van der Waals surface area contributed by atoms with Gasteiger partial charge in [0.1, 0.15) is 0 Å². The number of fused-ring (bicyclic) bond motifs is 1. The highest BCUT2D eigenvalue weighted by atomic mass is 32.2. The minimum atomic E-state index is -4.72. The van der Waals surface area contributed by atoms with Gasteiger partial charge in [0.15, 0.2) is 5.84 Å². The van der Waals surface area contributed by atoms with Gasteiger partial charge in [0.2, 0.25) is 10.2 Å². The maximum atomic E-state index is 13.0. The highest BCUT2D eigenvalue weighted by Gasteiger charge is 2.46. The van der Waals surface area contributed by atoms with E-state index in [-0.39, 0.29) is 28.2 Å². The zero-order valence-corrected chi connectivity index (χ0v) is 18.2. The van der Waals surface area contributed by atoms with Gasteiger partial charge in [-0.1, -0.05) is 6.07 Å². The van der Waals surface area contributed by atoms with E-state index >= 15 is 0 Å². The molecule has 1 aromatic heterocycles. The number of nitrogens with one attached hydrogen (secondary N) is 1. The standard InChI is InChI=1S/C20H15F3N6O3S/c1-9-4-5-13(29(31)32)8-15(9)27-10(2)6-12(11(27)3)7-14-16(24)28-19(25-17(14)30)33-18(26-28)20(21,22)23/h4-8,24H,1-3H3/b14-7+,24-16?. The lowest BCUT2D eigenvalue weighted by molar-refractivity contribution is -0.384. The number of rotatable bonds is 3. The monoisotopic (exact) mass is 476 g/mol. The zero-order valence-electron chi connectivity index (χ0n) is 17.4. The summed E-state index contributed by atoms with van der Waals surface area (Å²) >= 11 is 0.182. The molecule has 0 radical (unpaired) electrons. The van der Waals surface area contributed by atoms with Crippen LogP contribution in [0.5, 0.6) is 0 Å². The van der Waals surface area contributed by atoms with Gasteiger partial charge in [0.25, 0.3) is 11.6 Å². The molecule has 0 atom stereocenters. The van der Waals surface area contributed by atoms with Gasteiger partial charge in [-0.25, -0.2) is 0 Å². The number of amidine groups is 2. The first-order valence-electron chi connectivity index (χ1n) is 9.40. The number of hydrazone groups is 1. The quantitative estimate of drug-likeness (QED) is 0.398. The van der Waals surface area contributed by atoms with Crippen LogP contribution < -0.4 is 0 Å². The van der Waals surface area contributed by atoms with Crippen LogP contribution in [0, 0.1) is 36.3 Å². The number of non-ortho nitro benzene ring substituents is 1. The van der Waals surface area contributed by atoms with Crippen molar-refractivity contribution < 1.29 is 22.9 Å². The second-order valence-corrected chi connectivity index (χ2v) is 8.27. The molecule has 0 saturated heterocycles. The Balaban J connectivity index is 1.77. The lowest BCUT2D eigenvalue weighted by Gasteiger charge is -2.20. The first-order chi connectivity index (χ1) is 15.4. The molecule has 4 rings (SSSR count). The summed E-state index contributed by atoms with van der Waals surface area (Å²) in [6, 6.07) is 6.18. The van der Waals surface area contributed by atoms with Crippen LogP contribution in [0.25, 0.3) is 11.8 Å². The number of aryl methyl sites for hydroxylation is 2. The summed E-state index contributed by atoms with van der Waals surface area (Å²) in [5.74, 6) is -1.37. The Morgan fingerprint density at radius 2 is 1.91 bits per heavy atom. The lowest BCUT2D eigenvalue weighted by Crippen LogP contribution is -2.35. The molecule has 9 nitrogen and oxygen atoms in total. The van der Waals surface area contributed by atoms with Crippen LogP contribution in [-0.2, 0) is 4.79 Å². The number of amides is 1. The maximum absolute atomic E-state index is 13.0. The summed E-state index contributed by atoms with van der Waals surface area (Å²) in [4.78, 5) is 26.9. The molecule has 1 amide bonds. The van der Waals surface area contributed by atoms with Crippen LogP contribution in [0.1, 0.15) is 22.5 Å². The highest BCUT2D eigenvalue weighted by molar-refractivity contribution is 8.27. The molecule has 13 heteroatoms. The third-order valence-corrected chi connectivity index (χ3v) is 6.06. The van der Waals surface area contributed by atoms with Gasteiger partial charge in [-0.15, -0.1) is 0 Å². The van der Waals surface area contributed by atoms with E-state index in [1.807, 2.05) is 0 Å². The third kappa shape index (κ3) is 3.84. The number of thioether (sulfide) groups is 1. The molecule has 0 unspecified atom stereocenters. The number of nitro groups is 1. The smallest absolute Gasteiger partial charge is 0.317 e. The van der Waals surface area contributed by atoms with E-state index < -0.39 is 27.9 Å². The summed E-state index contributed by atoms with van der Waals surface area (Å²) in [5, 5.41) is 22.0. The molecule has 2 aromatic rings. The molecule has 3 heterocycles. The number of benzene rings is 1. The Morgan fingerprint density at radius 3 is 2.55 bits per heavy atom. The number of hydrogen-bond donors (Lipinski definition) is 1. The first kappa shape index (κ1) is 22.5. The van der Waals surface area contributed by atoms with Gasteiger partial charge in [0.05, 0.1) is 16.2 Å². The Labute approximate surface area is 188 Å².